The van der Waals surface area contributed by atoms with Gasteiger partial charge >= 0.3 is 0 Å². The molecule has 0 radical (unpaired) electrons. The van der Waals surface area contributed by atoms with E-state index in [1.165, 1.54) is 30.6 Å². The highest BCUT2D eigenvalue weighted by molar-refractivity contribution is 5.84. The van der Waals surface area contributed by atoms with Gasteiger partial charge in [0, 0.05) is 78.6 Å². The first-order valence-electron chi connectivity index (χ1n) is 14.7. The Balaban J connectivity index is 1.06. The van der Waals surface area contributed by atoms with Gasteiger partial charge in [0.05, 0.1) is 0 Å². The molecule has 0 saturated carbocycles. The number of hydrogen-bond donors (Lipinski definition) is 5. The maximum absolute atomic E-state index is 6.29. The van der Waals surface area contributed by atoms with Gasteiger partial charge in [0.25, 0.3) is 0 Å². The van der Waals surface area contributed by atoms with E-state index in [2.05, 4.69) is 80.1 Å². The van der Waals surface area contributed by atoms with E-state index >= 15 is 0 Å². The number of nitrogens with one attached hydrogen (secondary N) is 4. The number of nitrogens with two attached hydrogens (primary N) is 1. The summed E-state index contributed by atoms with van der Waals surface area (Å²) in [5, 5.41) is 13.7. The normalized spacial score (nSPS) is 21.3. The maximum Gasteiger partial charge on any atom is 0.122 e. The van der Waals surface area contributed by atoms with Crippen molar-refractivity contribution in [1.29, 1.82) is 0 Å². The zero-order chi connectivity index (χ0) is 28.6. The first-order chi connectivity index (χ1) is 20.0. The highest BCUT2D eigenvalue weighted by atomic mass is 15.3. The van der Waals surface area contributed by atoms with E-state index in [0.29, 0.717) is 23.6 Å². The third kappa shape index (κ3) is 7.60. The molecular weight excluding hydrogens is 508 g/mol. The van der Waals surface area contributed by atoms with Crippen molar-refractivity contribution in [3.05, 3.63) is 97.1 Å². The zero-order valence-electron chi connectivity index (χ0n) is 24.0. The minimum Gasteiger partial charge on any atom is -0.398 e. The van der Waals surface area contributed by atoms with Crippen LogP contribution in [0, 0.1) is 0 Å². The summed E-state index contributed by atoms with van der Waals surface area (Å²) < 4.78 is 0. The second-order valence-corrected chi connectivity index (χ2v) is 11.0. The molecule has 3 aliphatic rings. The predicted octanol–water partition coefficient (Wildman–Crippen LogP) is 4.71. The molecule has 0 amide bonds. The van der Waals surface area contributed by atoms with Crippen LogP contribution in [0.2, 0.25) is 0 Å². The largest absolute Gasteiger partial charge is 0.398 e. The van der Waals surface area contributed by atoms with Gasteiger partial charge in [-0.25, -0.2) is 4.99 Å². The maximum atomic E-state index is 6.29. The Hall–Kier alpha value is -4.01. The van der Waals surface area contributed by atoms with Gasteiger partial charge < -0.3 is 36.8 Å². The van der Waals surface area contributed by atoms with Crippen molar-refractivity contribution in [3.63, 3.8) is 0 Å². The van der Waals surface area contributed by atoms with Crippen LogP contribution >= 0.6 is 0 Å². The fraction of sp³-hybridized carbons (Fsp3) is 0.364. The second kappa shape index (κ2) is 13.6. The Labute approximate surface area is 244 Å². The van der Waals surface area contributed by atoms with E-state index in [9.17, 15) is 0 Å². The smallest absolute Gasteiger partial charge is 0.122 e. The van der Waals surface area contributed by atoms with Gasteiger partial charge in [-0.2, -0.15) is 0 Å². The van der Waals surface area contributed by atoms with Crippen LogP contribution in [0.15, 0.2) is 96.6 Å². The number of nitrogens with zero attached hydrogens (tertiary/aromatic N) is 3. The first-order valence-corrected chi connectivity index (χ1v) is 14.7. The molecule has 0 aromatic heterocycles. The number of allylic oxidation sites excluding steroid dienone is 1. The molecule has 2 aromatic carbocycles. The molecule has 3 aliphatic heterocycles. The number of piperazine rings is 1. The van der Waals surface area contributed by atoms with Crippen LogP contribution < -0.4 is 31.9 Å². The number of hydrogen-bond acceptors (Lipinski definition) is 8. The number of anilines is 3. The predicted molar refractivity (Wildman–Crippen MR) is 174 cm³/mol. The number of rotatable bonds is 11. The molecule has 0 unspecified atom stereocenters. The Morgan fingerprint density at radius 2 is 1.44 bits per heavy atom. The van der Waals surface area contributed by atoms with Crippen LogP contribution in [-0.4, -0.2) is 62.5 Å². The van der Waals surface area contributed by atoms with Crippen molar-refractivity contribution < 1.29 is 0 Å². The van der Waals surface area contributed by atoms with Crippen molar-refractivity contribution in [1.82, 2.24) is 15.5 Å². The lowest BCUT2D eigenvalue weighted by atomic mass is 10.1. The SMILES string of the molecule is C=C(N=C/C=C(\N)c1ccc(NC(=C)[C@H]2CCCN2)cc1)Nc1ccc(N2CCN(C(=C)[C@@H]3CCCN3)CC2)cc1. The number of benzene rings is 2. The lowest BCUT2D eigenvalue weighted by Crippen LogP contribution is -2.48. The van der Waals surface area contributed by atoms with Crippen molar-refractivity contribution in [3.8, 4) is 0 Å². The third-order valence-electron chi connectivity index (χ3n) is 8.16. The van der Waals surface area contributed by atoms with Crippen molar-refractivity contribution in [2.75, 3.05) is 54.8 Å². The van der Waals surface area contributed by atoms with Gasteiger partial charge in [-0.05, 0) is 86.8 Å². The summed E-state index contributed by atoms with van der Waals surface area (Å²) in [6, 6.07) is 17.3. The summed E-state index contributed by atoms with van der Waals surface area (Å²) in [5.74, 6) is 0.549. The topological polar surface area (TPSA) is 93.0 Å². The first kappa shape index (κ1) is 28.5. The molecule has 3 fully saturated rings. The molecule has 41 heavy (non-hydrogen) atoms. The molecule has 5 rings (SSSR count). The molecule has 8 heteroatoms. The van der Waals surface area contributed by atoms with Gasteiger partial charge in [0.15, 0.2) is 0 Å². The Morgan fingerprint density at radius 3 is 2.07 bits per heavy atom. The van der Waals surface area contributed by atoms with Crippen molar-refractivity contribution >= 4 is 29.0 Å². The van der Waals surface area contributed by atoms with Crippen molar-refractivity contribution in [2.45, 2.75) is 37.8 Å². The van der Waals surface area contributed by atoms with Gasteiger partial charge in [-0.15, -0.1) is 0 Å². The molecule has 0 spiro atoms. The Bertz CT molecular complexity index is 1260. The van der Waals surface area contributed by atoms with E-state index in [1.54, 1.807) is 12.3 Å². The lowest BCUT2D eigenvalue weighted by molar-refractivity contribution is 0.298. The molecule has 3 heterocycles. The van der Waals surface area contributed by atoms with Gasteiger partial charge in [-0.1, -0.05) is 31.9 Å². The molecule has 2 aromatic rings. The average Bonchev–Trinajstić information content (AvgIpc) is 3.73. The third-order valence-corrected chi connectivity index (χ3v) is 8.16. The zero-order valence-corrected chi connectivity index (χ0v) is 24.0. The molecular formula is C33H44N8. The summed E-state index contributed by atoms with van der Waals surface area (Å²) in [5.41, 5.74) is 13.3. The van der Waals surface area contributed by atoms with Crippen LogP contribution in [0.4, 0.5) is 17.1 Å². The Morgan fingerprint density at radius 1 is 0.829 bits per heavy atom. The highest BCUT2D eigenvalue weighted by Gasteiger charge is 2.25. The molecule has 2 atom stereocenters. The molecule has 0 bridgehead atoms. The van der Waals surface area contributed by atoms with Crippen LogP contribution in [0.25, 0.3) is 5.70 Å². The monoisotopic (exact) mass is 552 g/mol. The van der Waals surface area contributed by atoms with Gasteiger partial charge in [-0.3, -0.25) is 0 Å². The minimum absolute atomic E-state index is 0.335. The van der Waals surface area contributed by atoms with Crippen LogP contribution in [0.5, 0.6) is 0 Å². The molecule has 8 nitrogen and oxygen atoms in total. The van der Waals surface area contributed by atoms with E-state index < -0.39 is 0 Å². The van der Waals surface area contributed by atoms with Gasteiger partial charge in [0.2, 0.25) is 0 Å². The molecule has 216 valence electrons. The minimum atomic E-state index is 0.335. The molecule has 0 aliphatic carbocycles. The molecule has 6 N–H and O–H groups in total. The average molecular weight is 553 g/mol. The van der Waals surface area contributed by atoms with Crippen LogP contribution in [0.1, 0.15) is 31.2 Å². The summed E-state index contributed by atoms with van der Waals surface area (Å²) in [4.78, 5) is 9.28. The Kier molecular flexibility index (Phi) is 9.44. The molecule has 3 saturated heterocycles. The van der Waals surface area contributed by atoms with E-state index in [-0.39, 0.29) is 0 Å². The van der Waals surface area contributed by atoms with E-state index in [0.717, 1.165) is 68.3 Å². The lowest BCUT2D eigenvalue weighted by Gasteiger charge is -2.39. The second-order valence-electron chi connectivity index (χ2n) is 11.0. The summed E-state index contributed by atoms with van der Waals surface area (Å²) in [6.45, 7) is 18.7. The summed E-state index contributed by atoms with van der Waals surface area (Å²) >= 11 is 0. The van der Waals surface area contributed by atoms with Crippen molar-refractivity contribution in [2.24, 2.45) is 10.7 Å². The summed E-state index contributed by atoms with van der Waals surface area (Å²) in [6.07, 6.45) is 8.22. The van der Waals surface area contributed by atoms with Crippen LogP contribution in [-0.2, 0) is 0 Å². The standard InChI is InChI=1S/C33H44N8/c1-24(32-6-4-17-36-32)38-28-10-8-27(9-11-28)31(34)16-19-35-26(3)39-29-12-14-30(15-13-29)41-22-20-40(21-23-41)25(2)33-7-5-18-37-33/h8-16,19,32-33,36-39H,1-7,17-18,20-23,34H2/b31-16-,35-19?/t32-,33+/m1/s1. The van der Waals surface area contributed by atoms with Crippen LogP contribution in [0.3, 0.4) is 0 Å². The summed E-state index contributed by atoms with van der Waals surface area (Å²) in [7, 11) is 0. The van der Waals surface area contributed by atoms with E-state index in [4.69, 9.17) is 5.73 Å². The fourth-order valence-electron chi connectivity index (χ4n) is 5.70. The van der Waals surface area contributed by atoms with E-state index in [1.807, 2.05) is 24.3 Å². The number of aliphatic imine (C=N–C) groups is 1. The highest BCUT2D eigenvalue weighted by Crippen LogP contribution is 2.24. The fourth-order valence-corrected chi connectivity index (χ4v) is 5.70. The van der Waals surface area contributed by atoms with Gasteiger partial charge in [0.1, 0.15) is 5.82 Å². The quantitative estimate of drug-likeness (QED) is 0.258.